The van der Waals surface area contributed by atoms with Crippen molar-refractivity contribution in [1.82, 2.24) is 4.31 Å². The number of rotatable bonds is 2. The number of nitrogens with zero attached hydrogens (tertiary/aromatic N) is 2. The van der Waals surface area contributed by atoms with Crippen LogP contribution >= 0.6 is 0 Å². The van der Waals surface area contributed by atoms with Crippen molar-refractivity contribution in [2.24, 2.45) is 0 Å². The number of hydrogen-bond acceptors (Lipinski definition) is 5. The Morgan fingerprint density at radius 1 is 1.40 bits per heavy atom. The second-order valence-electron chi connectivity index (χ2n) is 5.27. The zero-order valence-electron chi connectivity index (χ0n) is 11.2. The topological polar surface area (TPSA) is 107 Å². The van der Waals surface area contributed by atoms with Gasteiger partial charge in [-0.25, -0.2) is 8.42 Å². The van der Waals surface area contributed by atoms with E-state index in [0.717, 1.165) is 0 Å². The van der Waals surface area contributed by atoms with Crippen LogP contribution in [0.5, 0.6) is 0 Å². The third-order valence-corrected chi connectivity index (χ3v) is 5.50. The van der Waals surface area contributed by atoms with E-state index in [1.54, 1.807) is 6.92 Å². The number of nitrogens with two attached hydrogens (primary N) is 1. The Morgan fingerprint density at radius 3 is 2.55 bits per heavy atom. The van der Waals surface area contributed by atoms with Gasteiger partial charge >= 0.3 is 0 Å². The fraction of sp³-hybridized carbons (Fsp3) is 0.462. The van der Waals surface area contributed by atoms with E-state index in [0.29, 0.717) is 18.5 Å². The minimum Gasteiger partial charge on any atom is -0.399 e. The molecule has 1 fully saturated rings. The van der Waals surface area contributed by atoms with Crippen LogP contribution in [0.15, 0.2) is 23.1 Å². The molecule has 3 N–H and O–H groups in total. The van der Waals surface area contributed by atoms with E-state index in [1.165, 1.54) is 22.5 Å². The maximum absolute atomic E-state index is 12.5. The summed E-state index contributed by atoms with van der Waals surface area (Å²) < 4.78 is 26.4. The summed E-state index contributed by atoms with van der Waals surface area (Å²) in [6.45, 7) is 2.18. The zero-order valence-corrected chi connectivity index (χ0v) is 12.0. The van der Waals surface area contributed by atoms with Crippen LogP contribution in [0.4, 0.5) is 5.69 Å². The van der Waals surface area contributed by atoms with Gasteiger partial charge in [-0.3, -0.25) is 0 Å². The van der Waals surface area contributed by atoms with Gasteiger partial charge in [0.1, 0.15) is 11.0 Å². The Hall–Kier alpha value is -1.62. The van der Waals surface area contributed by atoms with Crippen molar-refractivity contribution >= 4 is 15.7 Å². The van der Waals surface area contributed by atoms with Crippen molar-refractivity contribution in [2.75, 3.05) is 18.8 Å². The fourth-order valence-electron chi connectivity index (χ4n) is 2.21. The van der Waals surface area contributed by atoms with Crippen LogP contribution < -0.4 is 5.73 Å². The van der Waals surface area contributed by atoms with E-state index >= 15 is 0 Å². The average molecular weight is 295 g/mol. The molecule has 1 aliphatic rings. The number of sulfonamides is 1. The van der Waals surface area contributed by atoms with Crippen LogP contribution in [0.25, 0.3) is 0 Å². The molecular weight excluding hydrogens is 278 g/mol. The molecule has 1 aromatic carbocycles. The largest absolute Gasteiger partial charge is 0.399 e. The van der Waals surface area contributed by atoms with Crippen molar-refractivity contribution in [3.63, 3.8) is 0 Å². The third-order valence-electron chi connectivity index (χ3n) is 3.54. The monoisotopic (exact) mass is 295 g/mol. The lowest BCUT2D eigenvalue weighted by Crippen LogP contribution is -2.45. The summed E-state index contributed by atoms with van der Waals surface area (Å²) in [7, 11) is -3.73. The van der Waals surface area contributed by atoms with E-state index in [-0.39, 0.29) is 23.5 Å². The lowest BCUT2D eigenvalue weighted by atomic mass is 9.95. The molecule has 108 valence electrons. The number of benzene rings is 1. The predicted molar refractivity (Wildman–Crippen MR) is 74.2 cm³/mol. The van der Waals surface area contributed by atoms with Crippen molar-refractivity contribution in [3.05, 3.63) is 23.8 Å². The van der Waals surface area contributed by atoms with Crippen LogP contribution in [0.3, 0.4) is 0 Å². The summed E-state index contributed by atoms with van der Waals surface area (Å²) in [4.78, 5) is -0.0317. The molecule has 20 heavy (non-hydrogen) atoms. The van der Waals surface area contributed by atoms with Gasteiger partial charge in [0, 0.05) is 18.8 Å². The number of aliphatic hydroxyl groups is 1. The first-order valence-corrected chi connectivity index (χ1v) is 7.72. The zero-order chi connectivity index (χ0) is 15.0. The number of anilines is 1. The van der Waals surface area contributed by atoms with Crippen molar-refractivity contribution in [3.8, 4) is 6.07 Å². The Labute approximate surface area is 118 Å². The number of nitriles is 1. The minimum atomic E-state index is -3.73. The van der Waals surface area contributed by atoms with Crippen molar-refractivity contribution in [2.45, 2.75) is 30.3 Å². The Bertz CT molecular complexity index is 652. The molecule has 0 spiro atoms. The molecular formula is C13H17N3O3S. The van der Waals surface area contributed by atoms with Crippen LogP contribution in [-0.4, -0.2) is 36.5 Å². The summed E-state index contributed by atoms with van der Waals surface area (Å²) in [5.41, 5.74) is 5.13. The van der Waals surface area contributed by atoms with Gasteiger partial charge in [-0.2, -0.15) is 9.57 Å². The first-order chi connectivity index (χ1) is 9.26. The lowest BCUT2D eigenvalue weighted by molar-refractivity contribution is 0.0126. The highest BCUT2D eigenvalue weighted by Gasteiger charge is 2.35. The predicted octanol–water partition coefficient (Wildman–Crippen LogP) is 0.676. The second kappa shape index (κ2) is 5.05. The maximum Gasteiger partial charge on any atom is 0.244 e. The molecule has 0 amide bonds. The third kappa shape index (κ3) is 2.77. The van der Waals surface area contributed by atoms with E-state index in [2.05, 4.69) is 0 Å². The molecule has 0 aliphatic carbocycles. The normalized spacial score (nSPS) is 19.4. The average Bonchev–Trinajstić information content (AvgIpc) is 2.37. The summed E-state index contributed by atoms with van der Waals surface area (Å²) >= 11 is 0. The molecule has 1 aliphatic heterocycles. The summed E-state index contributed by atoms with van der Waals surface area (Å²) in [5.74, 6) is 0. The minimum absolute atomic E-state index is 0.0317. The van der Waals surface area contributed by atoms with Gasteiger partial charge < -0.3 is 10.8 Å². The van der Waals surface area contributed by atoms with E-state index < -0.39 is 15.6 Å². The molecule has 2 rings (SSSR count). The molecule has 1 saturated heterocycles. The molecule has 7 heteroatoms. The molecule has 0 aromatic heterocycles. The number of nitrogen functional groups attached to an aromatic ring is 1. The molecule has 0 radical (unpaired) electrons. The summed E-state index contributed by atoms with van der Waals surface area (Å²) in [5, 5.41) is 18.9. The van der Waals surface area contributed by atoms with Crippen LogP contribution in [0, 0.1) is 11.3 Å². The Kier molecular flexibility index (Phi) is 3.73. The standard InChI is InChI=1S/C13H17N3O3S/c1-13(17)4-6-16(7-5-13)20(18,19)12-3-2-11(15)8-10(12)9-14/h2-3,8,17H,4-7,15H2,1H3. The van der Waals surface area contributed by atoms with Gasteiger partial charge in [-0.15, -0.1) is 0 Å². The number of hydrogen-bond donors (Lipinski definition) is 2. The molecule has 1 aromatic rings. The highest BCUT2D eigenvalue weighted by atomic mass is 32.2. The quantitative estimate of drug-likeness (QED) is 0.780. The van der Waals surface area contributed by atoms with Gasteiger partial charge in [0.15, 0.2) is 0 Å². The summed E-state index contributed by atoms with van der Waals surface area (Å²) in [6, 6.07) is 6.04. The van der Waals surface area contributed by atoms with Crippen LogP contribution in [0.2, 0.25) is 0 Å². The fourth-order valence-corrected chi connectivity index (χ4v) is 3.77. The van der Waals surface area contributed by atoms with Gasteiger partial charge in [0.2, 0.25) is 10.0 Å². The van der Waals surface area contributed by atoms with E-state index in [9.17, 15) is 13.5 Å². The summed E-state index contributed by atoms with van der Waals surface area (Å²) in [6.07, 6.45) is 0.756. The molecule has 0 atom stereocenters. The smallest absolute Gasteiger partial charge is 0.244 e. The first-order valence-electron chi connectivity index (χ1n) is 6.28. The second-order valence-corrected chi connectivity index (χ2v) is 7.17. The molecule has 0 saturated carbocycles. The highest BCUT2D eigenvalue weighted by Crippen LogP contribution is 2.28. The van der Waals surface area contributed by atoms with Gasteiger partial charge in [-0.1, -0.05) is 0 Å². The molecule has 0 bridgehead atoms. The highest BCUT2D eigenvalue weighted by molar-refractivity contribution is 7.89. The Balaban J connectivity index is 2.35. The molecule has 1 heterocycles. The van der Waals surface area contributed by atoms with E-state index in [1.807, 2.05) is 6.07 Å². The van der Waals surface area contributed by atoms with Crippen LogP contribution in [-0.2, 0) is 10.0 Å². The maximum atomic E-state index is 12.5. The Morgan fingerprint density at radius 2 is 2.00 bits per heavy atom. The van der Waals surface area contributed by atoms with Crippen molar-refractivity contribution < 1.29 is 13.5 Å². The van der Waals surface area contributed by atoms with E-state index in [4.69, 9.17) is 11.0 Å². The molecule has 6 nitrogen and oxygen atoms in total. The van der Waals surface area contributed by atoms with Gasteiger partial charge in [0.25, 0.3) is 0 Å². The van der Waals surface area contributed by atoms with Crippen LogP contribution in [0.1, 0.15) is 25.3 Å². The molecule has 0 unspecified atom stereocenters. The number of piperidine rings is 1. The first kappa shape index (κ1) is 14.8. The lowest BCUT2D eigenvalue weighted by Gasteiger charge is -2.35. The van der Waals surface area contributed by atoms with Crippen molar-refractivity contribution in [1.29, 1.82) is 5.26 Å². The van der Waals surface area contributed by atoms with Gasteiger partial charge in [-0.05, 0) is 38.0 Å². The van der Waals surface area contributed by atoms with Gasteiger partial charge in [0.05, 0.1) is 11.2 Å². The SMILES string of the molecule is CC1(O)CCN(S(=O)(=O)c2ccc(N)cc2C#N)CC1.